The number of benzene rings is 1. The largest absolute Gasteiger partial charge is 0.354 e. The van der Waals surface area contributed by atoms with Gasteiger partial charge in [-0.1, -0.05) is 18.2 Å². The summed E-state index contributed by atoms with van der Waals surface area (Å²) in [5.41, 5.74) is 0.848. The minimum Gasteiger partial charge on any atom is -0.354 e. The van der Waals surface area contributed by atoms with E-state index < -0.39 is 11.5 Å². The van der Waals surface area contributed by atoms with Gasteiger partial charge < -0.3 is 15.5 Å². The molecule has 3 atom stereocenters. The summed E-state index contributed by atoms with van der Waals surface area (Å²) < 4.78 is 0. The highest BCUT2D eigenvalue weighted by molar-refractivity contribution is 6.09. The molecule has 142 valence electrons. The fourth-order valence-electron chi connectivity index (χ4n) is 5.57. The molecule has 3 fully saturated rings. The standard InChI is InChI=1S/C20H24N4O3/c25-17-7-10-23(11-8-21-17)18(26)15-12-13-4-3-9-24(13)20(15)14-5-1-2-6-16(14)22-19(20)27/h1-2,5-6,13,15H,3-4,7-12H2,(H,21,25)(H,22,27)/t13-,15-,20+/m1/s1. The van der Waals surface area contributed by atoms with Crippen LogP contribution in [0, 0.1) is 5.92 Å². The molecule has 4 heterocycles. The zero-order chi connectivity index (χ0) is 18.6. The zero-order valence-electron chi connectivity index (χ0n) is 15.2. The first-order valence-electron chi connectivity index (χ1n) is 9.85. The van der Waals surface area contributed by atoms with Gasteiger partial charge in [-0.2, -0.15) is 0 Å². The fraction of sp³-hybridized carbons (Fsp3) is 0.550. The van der Waals surface area contributed by atoms with Crippen molar-refractivity contribution in [3.8, 4) is 0 Å². The summed E-state index contributed by atoms with van der Waals surface area (Å²) in [5.74, 6) is -0.487. The molecule has 4 aliphatic rings. The van der Waals surface area contributed by atoms with Crippen molar-refractivity contribution in [1.82, 2.24) is 15.1 Å². The summed E-state index contributed by atoms with van der Waals surface area (Å²) in [5, 5.41) is 5.85. The Morgan fingerprint density at radius 2 is 2.00 bits per heavy atom. The first-order valence-corrected chi connectivity index (χ1v) is 9.85. The van der Waals surface area contributed by atoms with Crippen LogP contribution >= 0.6 is 0 Å². The zero-order valence-corrected chi connectivity index (χ0v) is 15.2. The van der Waals surface area contributed by atoms with Crippen molar-refractivity contribution < 1.29 is 14.4 Å². The third kappa shape index (κ3) is 2.27. The number of nitrogens with zero attached hydrogens (tertiary/aromatic N) is 2. The molecule has 4 aliphatic heterocycles. The number of carbonyl (C=O) groups is 3. The van der Waals surface area contributed by atoms with Gasteiger partial charge in [0.2, 0.25) is 17.7 Å². The first kappa shape index (κ1) is 16.7. The average molecular weight is 368 g/mol. The van der Waals surface area contributed by atoms with E-state index in [4.69, 9.17) is 0 Å². The summed E-state index contributed by atoms with van der Waals surface area (Å²) in [4.78, 5) is 42.6. The van der Waals surface area contributed by atoms with E-state index in [1.54, 1.807) is 4.90 Å². The van der Waals surface area contributed by atoms with Crippen molar-refractivity contribution in [2.45, 2.75) is 37.3 Å². The van der Waals surface area contributed by atoms with Crippen molar-refractivity contribution in [1.29, 1.82) is 0 Å². The lowest BCUT2D eigenvalue weighted by Crippen LogP contribution is -2.55. The Balaban J connectivity index is 1.56. The summed E-state index contributed by atoms with van der Waals surface area (Å²) in [7, 11) is 0. The molecule has 0 saturated carbocycles. The molecule has 0 aliphatic carbocycles. The Labute approximate surface area is 158 Å². The van der Waals surface area contributed by atoms with E-state index in [-0.39, 0.29) is 23.8 Å². The first-order chi connectivity index (χ1) is 13.1. The number of nitrogens with one attached hydrogen (secondary N) is 2. The quantitative estimate of drug-likeness (QED) is 0.763. The number of hydrogen-bond donors (Lipinski definition) is 2. The van der Waals surface area contributed by atoms with E-state index in [1.165, 1.54) is 0 Å². The van der Waals surface area contributed by atoms with Crippen LogP contribution in [0.2, 0.25) is 0 Å². The predicted octanol–water partition coefficient (Wildman–Crippen LogP) is 0.667. The Morgan fingerprint density at radius 1 is 1.15 bits per heavy atom. The van der Waals surface area contributed by atoms with Crippen LogP contribution < -0.4 is 10.6 Å². The number of fused-ring (bicyclic) bond motifs is 4. The lowest BCUT2D eigenvalue weighted by molar-refractivity contribution is -0.144. The van der Waals surface area contributed by atoms with Crippen LogP contribution in [0.4, 0.5) is 5.69 Å². The molecule has 1 aromatic rings. The van der Waals surface area contributed by atoms with Crippen LogP contribution in [-0.4, -0.2) is 59.7 Å². The summed E-state index contributed by atoms with van der Waals surface area (Å²) >= 11 is 0. The third-order valence-corrected chi connectivity index (χ3v) is 6.70. The minimum absolute atomic E-state index is 0.00718. The molecule has 5 rings (SSSR count). The van der Waals surface area contributed by atoms with E-state index >= 15 is 0 Å². The molecule has 3 saturated heterocycles. The van der Waals surface area contributed by atoms with Gasteiger partial charge in [-0.05, 0) is 31.9 Å². The van der Waals surface area contributed by atoms with Crippen LogP contribution in [0.25, 0.3) is 0 Å². The Morgan fingerprint density at radius 3 is 2.89 bits per heavy atom. The molecular weight excluding hydrogens is 344 g/mol. The Bertz CT molecular complexity index is 825. The molecule has 7 nitrogen and oxygen atoms in total. The van der Waals surface area contributed by atoms with E-state index in [0.29, 0.717) is 32.5 Å². The van der Waals surface area contributed by atoms with Crippen LogP contribution in [-0.2, 0) is 19.9 Å². The average Bonchev–Trinajstić information content (AvgIpc) is 3.27. The number of amides is 3. The highest BCUT2D eigenvalue weighted by Gasteiger charge is 2.65. The van der Waals surface area contributed by atoms with Crippen molar-refractivity contribution >= 4 is 23.4 Å². The smallest absolute Gasteiger partial charge is 0.250 e. The summed E-state index contributed by atoms with van der Waals surface area (Å²) in [6.07, 6.45) is 3.12. The van der Waals surface area contributed by atoms with Crippen molar-refractivity contribution in [3.05, 3.63) is 29.8 Å². The minimum atomic E-state index is -0.904. The van der Waals surface area contributed by atoms with Gasteiger partial charge in [0.15, 0.2) is 0 Å². The Kier molecular flexibility index (Phi) is 3.75. The number of para-hydroxylation sites is 1. The highest BCUT2D eigenvalue weighted by Crippen LogP contribution is 2.55. The van der Waals surface area contributed by atoms with Crippen LogP contribution in [0.5, 0.6) is 0 Å². The molecule has 0 bridgehead atoms. The topological polar surface area (TPSA) is 81.8 Å². The normalized spacial score (nSPS) is 32.8. The molecule has 3 amide bonds. The molecule has 0 unspecified atom stereocenters. The molecule has 1 aromatic carbocycles. The number of carbonyl (C=O) groups excluding carboxylic acids is 3. The van der Waals surface area contributed by atoms with Crippen LogP contribution in [0.1, 0.15) is 31.2 Å². The van der Waals surface area contributed by atoms with Gasteiger partial charge in [0.05, 0.1) is 5.92 Å². The maximum absolute atomic E-state index is 13.6. The van der Waals surface area contributed by atoms with Gasteiger partial charge in [0.1, 0.15) is 5.54 Å². The second kappa shape index (κ2) is 6.05. The molecule has 27 heavy (non-hydrogen) atoms. The van der Waals surface area contributed by atoms with Gasteiger partial charge in [-0.3, -0.25) is 19.3 Å². The lowest BCUT2D eigenvalue weighted by atomic mass is 9.78. The van der Waals surface area contributed by atoms with E-state index in [2.05, 4.69) is 15.5 Å². The number of hydrogen-bond acceptors (Lipinski definition) is 4. The van der Waals surface area contributed by atoms with Crippen LogP contribution in [0.15, 0.2) is 24.3 Å². The Hall–Kier alpha value is -2.41. The SMILES string of the molecule is O=C1CCN(C(=O)[C@H]2C[C@H]3CCCN3[C@]23C(=O)Nc2ccccc23)CCN1. The molecule has 0 radical (unpaired) electrons. The van der Waals surface area contributed by atoms with Crippen molar-refractivity contribution in [2.24, 2.45) is 5.92 Å². The maximum atomic E-state index is 13.6. The lowest BCUT2D eigenvalue weighted by Gasteiger charge is -2.38. The predicted molar refractivity (Wildman–Crippen MR) is 98.8 cm³/mol. The molecule has 7 heteroatoms. The molecular formula is C20H24N4O3. The molecule has 1 spiro atoms. The summed E-state index contributed by atoms with van der Waals surface area (Å²) in [6, 6.07) is 8.03. The van der Waals surface area contributed by atoms with Gasteiger partial charge in [0, 0.05) is 43.3 Å². The number of anilines is 1. The highest BCUT2D eigenvalue weighted by atomic mass is 16.2. The van der Waals surface area contributed by atoms with Gasteiger partial charge in [-0.25, -0.2) is 0 Å². The van der Waals surface area contributed by atoms with Crippen molar-refractivity contribution in [3.63, 3.8) is 0 Å². The van der Waals surface area contributed by atoms with Crippen molar-refractivity contribution in [2.75, 3.05) is 31.5 Å². The van der Waals surface area contributed by atoms with Gasteiger partial charge in [0.25, 0.3) is 0 Å². The van der Waals surface area contributed by atoms with Gasteiger partial charge >= 0.3 is 0 Å². The third-order valence-electron chi connectivity index (χ3n) is 6.70. The van der Waals surface area contributed by atoms with Crippen LogP contribution in [0.3, 0.4) is 0 Å². The van der Waals surface area contributed by atoms with Gasteiger partial charge in [-0.15, -0.1) is 0 Å². The maximum Gasteiger partial charge on any atom is 0.250 e. The second-order valence-electron chi connectivity index (χ2n) is 7.97. The van der Waals surface area contributed by atoms with E-state index in [1.807, 2.05) is 24.3 Å². The molecule has 2 N–H and O–H groups in total. The monoisotopic (exact) mass is 368 g/mol. The number of rotatable bonds is 1. The fourth-order valence-corrected chi connectivity index (χ4v) is 5.57. The van der Waals surface area contributed by atoms with E-state index in [9.17, 15) is 14.4 Å². The summed E-state index contributed by atoms with van der Waals surface area (Å²) in [6.45, 7) is 2.24. The second-order valence-corrected chi connectivity index (χ2v) is 7.97. The molecule has 0 aromatic heterocycles. The van der Waals surface area contributed by atoms with E-state index in [0.717, 1.165) is 30.6 Å².